The molecule has 2 aromatic rings. The van der Waals surface area contributed by atoms with Gasteiger partial charge in [-0.15, -0.1) is 0 Å². The zero-order valence-electron chi connectivity index (χ0n) is 12.1. The van der Waals surface area contributed by atoms with Crippen LogP contribution >= 0.6 is 0 Å². The van der Waals surface area contributed by atoms with Crippen LogP contribution < -0.4 is 0 Å². The van der Waals surface area contributed by atoms with Gasteiger partial charge in [-0.25, -0.2) is 0 Å². The molecule has 1 aliphatic rings. The molecule has 20 heavy (non-hydrogen) atoms. The fraction of sp³-hybridized carbons (Fsp3) is 0.389. The van der Waals surface area contributed by atoms with E-state index in [9.17, 15) is 0 Å². The number of likely N-dealkylation sites (tertiary alicyclic amines) is 1. The predicted molar refractivity (Wildman–Crippen MR) is 83.3 cm³/mol. The molecule has 0 radical (unpaired) electrons. The minimum absolute atomic E-state index is 0.903. The normalized spacial score (nSPS) is 17.2. The molecule has 0 unspecified atom stereocenters. The summed E-state index contributed by atoms with van der Waals surface area (Å²) < 4.78 is 0. The highest BCUT2D eigenvalue weighted by Crippen LogP contribution is 2.21. The van der Waals surface area contributed by atoms with E-state index in [1.54, 1.807) is 0 Å². The number of aromatic nitrogens is 1. The van der Waals surface area contributed by atoms with Crippen molar-refractivity contribution in [2.75, 3.05) is 13.1 Å². The van der Waals surface area contributed by atoms with E-state index in [2.05, 4.69) is 53.2 Å². The van der Waals surface area contributed by atoms with E-state index in [1.165, 1.54) is 42.6 Å². The molecule has 1 saturated heterocycles. The van der Waals surface area contributed by atoms with Crippen molar-refractivity contribution < 1.29 is 0 Å². The number of hydrogen-bond donors (Lipinski definition) is 0. The molecule has 0 spiro atoms. The summed E-state index contributed by atoms with van der Waals surface area (Å²) in [5, 5.41) is 0. The number of hydrogen-bond acceptors (Lipinski definition) is 2. The zero-order valence-corrected chi connectivity index (χ0v) is 12.1. The van der Waals surface area contributed by atoms with Gasteiger partial charge in [-0.05, 0) is 60.7 Å². The lowest BCUT2D eigenvalue weighted by Gasteiger charge is -2.30. The minimum atomic E-state index is 0.903. The van der Waals surface area contributed by atoms with Crippen molar-refractivity contribution in [1.82, 2.24) is 9.88 Å². The van der Waals surface area contributed by atoms with Crippen molar-refractivity contribution in [2.45, 2.75) is 26.3 Å². The van der Waals surface area contributed by atoms with Crippen molar-refractivity contribution in [3.05, 3.63) is 54.4 Å². The second kappa shape index (κ2) is 6.19. The average Bonchev–Trinajstić information content (AvgIpc) is 2.51. The van der Waals surface area contributed by atoms with Gasteiger partial charge in [-0.1, -0.05) is 31.2 Å². The van der Waals surface area contributed by atoms with Gasteiger partial charge in [0.05, 0.1) is 0 Å². The highest BCUT2D eigenvalue weighted by molar-refractivity contribution is 5.62. The van der Waals surface area contributed by atoms with Crippen LogP contribution in [0, 0.1) is 5.92 Å². The summed E-state index contributed by atoms with van der Waals surface area (Å²) >= 11 is 0. The van der Waals surface area contributed by atoms with Crippen LogP contribution in [0.1, 0.15) is 25.3 Å². The highest BCUT2D eigenvalue weighted by Gasteiger charge is 2.15. The van der Waals surface area contributed by atoms with Gasteiger partial charge in [0.15, 0.2) is 0 Å². The van der Waals surface area contributed by atoms with Crippen LogP contribution in [0.5, 0.6) is 0 Å². The maximum Gasteiger partial charge on any atom is 0.0273 e. The molecule has 1 aliphatic heterocycles. The van der Waals surface area contributed by atoms with Gasteiger partial charge in [-0.2, -0.15) is 0 Å². The number of nitrogens with zero attached hydrogens (tertiary/aromatic N) is 2. The fourth-order valence-corrected chi connectivity index (χ4v) is 2.83. The van der Waals surface area contributed by atoms with E-state index >= 15 is 0 Å². The van der Waals surface area contributed by atoms with Crippen LogP contribution in [0.4, 0.5) is 0 Å². The molecule has 2 heteroatoms. The topological polar surface area (TPSA) is 16.1 Å². The van der Waals surface area contributed by atoms with Gasteiger partial charge in [0, 0.05) is 18.9 Å². The third-order valence-electron chi connectivity index (χ3n) is 4.25. The van der Waals surface area contributed by atoms with Gasteiger partial charge in [0.25, 0.3) is 0 Å². The minimum Gasteiger partial charge on any atom is -0.299 e. The van der Waals surface area contributed by atoms with Crippen LogP contribution in [0.2, 0.25) is 0 Å². The molecule has 2 nitrogen and oxygen atoms in total. The Morgan fingerprint density at radius 3 is 2.20 bits per heavy atom. The molecule has 2 heterocycles. The molecular weight excluding hydrogens is 244 g/mol. The van der Waals surface area contributed by atoms with E-state index in [0.717, 1.165) is 12.5 Å². The van der Waals surface area contributed by atoms with Crippen LogP contribution in [0.15, 0.2) is 48.8 Å². The van der Waals surface area contributed by atoms with Gasteiger partial charge >= 0.3 is 0 Å². The number of rotatable bonds is 3. The second-order valence-electron chi connectivity index (χ2n) is 5.89. The Balaban J connectivity index is 1.65. The van der Waals surface area contributed by atoms with Gasteiger partial charge in [-0.3, -0.25) is 9.88 Å². The lowest BCUT2D eigenvalue weighted by atomic mass is 9.98. The molecule has 1 fully saturated rings. The maximum absolute atomic E-state index is 4.07. The number of pyridine rings is 1. The third-order valence-corrected chi connectivity index (χ3v) is 4.25. The van der Waals surface area contributed by atoms with E-state index in [1.807, 2.05) is 12.4 Å². The van der Waals surface area contributed by atoms with Crippen molar-refractivity contribution in [2.24, 2.45) is 5.92 Å². The monoisotopic (exact) mass is 266 g/mol. The molecule has 0 N–H and O–H groups in total. The molecule has 0 atom stereocenters. The fourth-order valence-electron chi connectivity index (χ4n) is 2.83. The van der Waals surface area contributed by atoms with Crippen LogP contribution in [-0.4, -0.2) is 23.0 Å². The molecule has 1 aromatic carbocycles. The van der Waals surface area contributed by atoms with Crippen molar-refractivity contribution in [3.63, 3.8) is 0 Å². The van der Waals surface area contributed by atoms with E-state index in [4.69, 9.17) is 0 Å². The number of benzene rings is 1. The molecule has 0 saturated carbocycles. The lowest BCUT2D eigenvalue weighted by molar-refractivity contribution is 0.185. The Labute approximate surface area is 121 Å². The Hall–Kier alpha value is -1.67. The predicted octanol–water partition coefficient (Wildman–Crippen LogP) is 3.98. The third kappa shape index (κ3) is 3.26. The lowest BCUT2D eigenvalue weighted by Crippen LogP contribution is -2.32. The van der Waals surface area contributed by atoms with E-state index in [0.29, 0.717) is 0 Å². The van der Waals surface area contributed by atoms with Crippen LogP contribution in [0.25, 0.3) is 11.1 Å². The van der Waals surface area contributed by atoms with Crippen molar-refractivity contribution in [3.8, 4) is 11.1 Å². The summed E-state index contributed by atoms with van der Waals surface area (Å²) in [4.78, 5) is 6.64. The molecular formula is C18H22N2. The van der Waals surface area contributed by atoms with Gasteiger partial charge in [0.1, 0.15) is 0 Å². The Morgan fingerprint density at radius 2 is 1.55 bits per heavy atom. The summed E-state index contributed by atoms with van der Waals surface area (Å²) in [6.07, 6.45) is 6.38. The summed E-state index contributed by atoms with van der Waals surface area (Å²) in [5.41, 5.74) is 3.92. The summed E-state index contributed by atoms with van der Waals surface area (Å²) in [5.74, 6) is 0.903. The second-order valence-corrected chi connectivity index (χ2v) is 5.89. The maximum atomic E-state index is 4.07. The summed E-state index contributed by atoms with van der Waals surface area (Å²) in [6.45, 7) is 5.94. The first-order valence-corrected chi connectivity index (χ1v) is 7.53. The number of piperidine rings is 1. The molecule has 0 amide bonds. The Bertz CT molecular complexity index is 525. The molecule has 1 aromatic heterocycles. The van der Waals surface area contributed by atoms with Crippen LogP contribution in [-0.2, 0) is 6.54 Å². The van der Waals surface area contributed by atoms with Gasteiger partial charge < -0.3 is 0 Å². The van der Waals surface area contributed by atoms with E-state index in [-0.39, 0.29) is 0 Å². The quantitative estimate of drug-likeness (QED) is 0.835. The summed E-state index contributed by atoms with van der Waals surface area (Å²) in [7, 11) is 0. The Morgan fingerprint density at radius 1 is 0.950 bits per heavy atom. The highest BCUT2D eigenvalue weighted by atomic mass is 15.1. The first kappa shape index (κ1) is 13.3. The van der Waals surface area contributed by atoms with Crippen LogP contribution in [0.3, 0.4) is 0 Å². The van der Waals surface area contributed by atoms with Gasteiger partial charge in [0.2, 0.25) is 0 Å². The average molecular weight is 266 g/mol. The smallest absolute Gasteiger partial charge is 0.0273 e. The molecule has 0 aliphatic carbocycles. The summed E-state index contributed by atoms with van der Waals surface area (Å²) in [6, 6.07) is 13.1. The van der Waals surface area contributed by atoms with E-state index < -0.39 is 0 Å². The molecule has 0 bridgehead atoms. The first-order chi connectivity index (χ1) is 9.81. The molecule has 3 rings (SSSR count). The standard InChI is InChI=1S/C18H22N2/c1-15-8-12-20(13-9-15)14-16-2-4-17(5-3-16)18-6-10-19-11-7-18/h2-7,10-11,15H,8-9,12-14H2,1H3. The molecule has 104 valence electrons. The SMILES string of the molecule is CC1CCN(Cc2ccc(-c3ccncc3)cc2)CC1. The first-order valence-electron chi connectivity index (χ1n) is 7.53. The van der Waals surface area contributed by atoms with Crippen molar-refractivity contribution >= 4 is 0 Å². The Kier molecular flexibility index (Phi) is 4.12. The largest absolute Gasteiger partial charge is 0.299 e. The van der Waals surface area contributed by atoms with Crippen molar-refractivity contribution in [1.29, 1.82) is 0 Å². The zero-order chi connectivity index (χ0) is 13.8.